The minimum Gasteiger partial charge on any atom is -0.508 e. The molecular formula is C14H12O5. The molecule has 0 spiro atoms. The highest BCUT2D eigenvalue weighted by molar-refractivity contribution is 5.95. The number of fused-ring (bicyclic) bond motifs is 1. The Morgan fingerprint density at radius 2 is 1.63 bits per heavy atom. The molecule has 0 fully saturated rings. The van der Waals surface area contributed by atoms with Crippen LogP contribution < -0.4 is 0 Å². The number of carbonyl (C=O) groups is 2. The van der Waals surface area contributed by atoms with Crippen LogP contribution in [0.4, 0.5) is 0 Å². The molecule has 98 valence electrons. The largest absolute Gasteiger partial charge is 0.508 e. The van der Waals surface area contributed by atoms with Crippen LogP contribution in [0.2, 0.25) is 0 Å². The van der Waals surface area contributed by atoms with Crippen LogP contribution in [0.1, 0.15) is 5.56 Å². The lowest BCUT2D eigenvalue weighted by molar-refractivity contribution is -0.154. The van der Waals surface area contributed by atoms with E-state index in [0.29, 0.717) is 10.9 Å². The van der Waals surface area contributed by atoms with Gasteiger partial charge in [0.05, 0.1) is 0 Å². The lowest BCUT2D eigenvalue weighted by Crippen LogP contribution is -2.25. The standard InChI is InChI=1S/C14H12O5/c15-12-6-5-8-3-1-2-4-9(8)10(12)7-11(13(16)17)14(18)19/h1-6,11,15H,7H2,(H,16,17)(H,18,19). The fourth-order valence-electron chi connectivity index (χ4n) is 2.02. The first kappa shape index (κ1) is 12.9. The van der Waals surface area contributed by atoms with Crippen LogP contribution in [0.3, 0.4) is 0 Å². The van der Waals surface area contributed by atoms with E-state index in [1.54, 1.807) is 18.2 Å². The molecule has 0 aliphatic heterocycles. The van der Waals surface area contributed by atoms with Crippen molar-refractivity contribution < 1.29 is 24.9 Å². The Balaban J connectivity index is 2.52. The van der Waals surface area contributed by atoms with Gasteiger partial charge in [-0.3, -0.25) is 9.59 Å². The number of carboxylic acid groups (broad SMARTS) is 2. The summed E-state index contributed by atoms with van der Waals surface area (Å²) < 4.78 is 0. The Bertz CT molecular complexity index is 633. The summed E-state index contributed by atoms with van der Waals surface area (Å²) in [5, 5.41) is 29.1. The summed E-state index contributed by atoms with van der Waals surface area (Å²) in [7, 11) is 0. The summed E-state index contributed by atoms with van der Waals surface area (Å²) in [5.41, 5.74) is 0.341. The number of aliphatic carboxylic acids is 2. The van der Waals surface area contributed by atoms with Gasteiger partial charge in [0.1, 0.15) is 5.75 Å². The first-order chi connectivity index (χ1) is 9.00. The van der Waals surface area contributed by atoms with Crippen molar-refractivity contribution in [2.45, 2.75) is 6.42 Å². The molecule has 0 amide bonds. The molecule has 3 N–H and O–H groups in total. The zero-order valence-electron chi connectivity index (χ0n) is 9.91. The quantitative estimate of drug-likeness (QED) is 0.729. The molecule has 0 aromatic heterocycles. The smallest absolute Gasteiger partial charge is 0.318 e. The molecule has 19 heavy (non-hydrogen) atoms. The maximum Gasteiger partial charge on any atom is 0.318 e. The van der Waals surface area contributed by atoms with Gasteiger partial charge in [0.15, 0.2) is 5.92 Å². The molecule has 2 rings (SSSR count). The van der Waals surface area contributed by atoms with E-state index < -0.39 is 17.9 Å². The van der Waals surface area contributed by atoms with Crippen molar-refractivity contribution in [2.75, 3.05) is 0 Å². The molecule has 5 heteroatoms. The number of aromatic hydroxyl groups is 1. The van der Waals surface area contributed by atoms with Crippen LogP contribution in [-0.4, -0.2) is 27.3 Å². The van der Waals surface area contributed by atoms with E-state index in [1.807, 2.05) is 12.1 Å². The van der Waals surface area contributed by atoms with Crippen molar-refractivity contribution in [3.8, 4) is 5.75 Å². The fraction of sp³-hybridized carbons (Fsp3) is 0.143. The van der Waals surface area contributed by atoms with Crippen LogP contribution in [-0.2, 0) is 16.0 Å². The van der Waals surface area contributed by atoms with E-state index >= 15 is 0 Å². The van der Waals surface area contributed by atoms with E-state index in [2.05, 4.69) is 0 Å². The lowest BCUT2D eigenvalue weighted by Gasteiger charge is -2.12. The van der Waals surface area contributed by atoms with Crippen molar-refractivity contribution in [3.63, 3.8) is 0 Å². The van der Waals surface area contributed by atoms with Crippen LogP contribution in [0.15, 0.2) is 36.4 Å². The van der Waals surface area contributed by atoms with Crippen molar-refractivity contribution in [2.24, 2.45) is 5.92 Å². The van der Waals surface area contributed by atoms with Crippen LogP contribution in [0.5, 0.6) is 5.75 Å². The Morgan fingerprint density at radius 3 is 2.26 bits per heavy atom. The van der Waals surface area contributed by atoms with Crippen LogP contribution in [0, 0.1) is 5.92 Å². The van der Waals surface area contributed by atoms with Gasteiger partial charge in [0, 0.05) is 12.0 Å². The summed E-state index contributed by atoms with van der Waals surface area (Å²) in [6, 6.07) is 10.2. The predicted octanol–water partition coefficient (Wildman–Crippen LogP) is 1.87. The number of carboxylic acids is 2. The molecule has 0 saturated carbocycles. The maximum absolute atomic E-state index is 10.9. The molecule has 0 aliphatic carbocycles. The third-order valence-electron chi connectivity index (χ3n) is 3.02. The maximum atomic E-state index is 10.9. The molecule has 0 saturated heterocycles. The molecular weight excluding hydrogens is 248 g/mol. The number of benzene rings is 2. The summed E-state index contributed by atoms with van der Waals surface area (Å²) in [5.74, 6) is -4.50. The molecule has 0 bridgehead atoms. The molecule has 2 aromatic rings. The second-order valence-corrected chi connectivity index (χ2v) is 4.22. The highest BCUT2D eigenvalue weighted by atomic mass is 16.4. The monoisotopic (exact) mass is 260 g/mol. The minimum atomic E-state index is -1.57. The number of rotatable bonds is 4. The second-order valence-electron chi connectivity index (χ2n) is 4.22. The Morgan fingerprint density at radius 1 is 1.00 bits per heavy atom. The van der Waals surface area contributed by atoms with Gasteiger partial charge >= 0.3 is 11.9 Å². The summed E-state index contributed by atoms with van der Waals surface area (Å²) in [6.45, 7) is 0. The topological polar surface area (TPSA) is 94.8 Å². The van der Waals surface area contributed by atoms with E-state index in [9.17, 15) is 14.7 Å². The fourth-order valence-corrected chi connectivity index (χ4v) is 2.02. The summed E-state index contributed by atoms with van der Waals surface area (Å²) >= 11 is 0. The molecule has 0 atom stereocenters. The Kier molecular flexibility index (Phi) is 3.37. The van der Waals surface area contributed by atoms with E-state index in [1.165, 1.54) is 6.07 Å². The average Bonchev–Trinajstić information content (AvgIpc) is 2.36. The van der Waals surface area contributed by atoms with Gasteiger partial charge in [0.25, 0.3) is 0 Å². The van der Waals surface area contributed by atoms with Gasteiger partial charge in [-0.05, 0) is 16.8 Å². The van der Waals surface area contributed by atoms with E-state index in [4.69, 9.17) is 10.2 Å². The highest BCUT2D eigenvalue weighted by Crippen LogP contribution is 2.29. The van der Waals surface area contributed by atoms with Gasteiger partial charge < -0.3 is 15.3 Å². The van der Waals surface area contributed by atoms with Gasteiger partial charge in [-0.1, -0.05) is 30.3 Å². The number of phenols is 1. The summed E-state index contributed by atoms with van der Waals surface area (Å²) in [6.07, 6.45) is -0.252. The van der Waals surface area contributed by atoms with E-state index in [0.717, 1.165) is 5.39 Å². The molecule has 0 unspecified atom stereocenters. The number of hydrogen-bond acceptors (Lipinski definition) is 3. The Hall–Kier alpha value is -2.56. The lowest BCUT2D eigenvalue weighted by atomic mass is 9.94. The second kappa shape index (κ2) is 4.97. The zero-order chi connectivity index (χ0) is 14.0. The molecule has 0 heterocycles. The van der Waals surface area contributed by atoms with Crippen molar-refractivity contribution in [1.29, 1.82) is 0 Å². The first-order valence-corrected chi connectivity index (χ1v) is 5.66. The third-order valence-corrected chi connectivity index (χ3v) is 3.02. The molecule has 0 radical (unpaired) electrons. The minimum absolute atomic E-state index is 0.0915. The van der Waals surface area contributed by atoms with Crippen LogP contribution in [0.25, 0.3) is 10.8 Å². The first-order valence-electron chi connectivity index (χ1n) is 5.66. The summed E-state index contributed by atoms with van der Waals surface area (Å²) in [4.78, 5) is 21.9. The highest BCUT2D eigenvalue weighted by Gasteiger charge is 2.27. The van der Waals surface area contributed by atoms with Crippen LogP contribution >= 0.6 is 0 Å². The van der Waals surface area contributed by atoms with Crippen molar-refractivity contribution in [1.82, 2.24) is 0 Å². The normalized spacial score (nSPS) is 10.8. The number of hydrogen-bond donors (Lipinski definition) is 3. The van der Waals surface area contributed by atoms with E-state index in [-0.39, 0.29) is 12.2 Å². The SMILES string of the molecule is O=C(O)C(Cc1c(O)ccc2ccccc12)C(=O)O. The Labute approximate surface area is 108 Å². The van der Waals surface area contributed by atoms with Crippen molar-refractivity contribution in [3.05, 3.63) is 42.0 Å². The van der Waals surface area contributed by atoms with Gasteiger partial charge in [-0.25, -0.2) is 0 Å². The molecule has 0 aliphatic rings. The third kappa shape index (κ3) is 2.49. The number of phenolic OH excluding ortho intramolecular Hbond substituents is 1. The molecule has 5 nitrogen and oxygen atoms in total. The van der Waals surface area contributed by atoms with Gasteiger partial charge in [-0.15, -0.1) is 0 Å². The zero-order valence-corrected chi connectivity index (χ0v) is 9.91. The van der Waals surface area contributed by atoms with Crippen molar-refractivity contribution >= 4 is 22.7 Å². The van der Waals surface area contributed by atoms with Gasteiger partial charge in [-0.2, -0.15) is 0 Å². The van der Waals surface area contributed by atoms with Gasteiger partial charge in [0.2, 0.25) is 0 Å². The predicted molar refractivity (Wildman–Crippen MR) is 68.1 cm³/mol. The molecule has 2 aromatic carbocycles. The average molecular weight is 260 g/mol.